The molecule has 0 radical (unpaired) electrons. The van der Waals surface area contributed by atoms with Crippen LogP contribution in [0, 0.1) is 0 Å². The van der Waals surface area contributed by atoms with E-state index in [1.807, 2.05) is 30.3 Å². The molecule has 216 valence electrons. The molecule has 1 N–H and O–H groups in total. The van der Waals surface area contributed by atoms with Crippen LogP contribution in [0.3, 0.4) is 0 Å². The smallest absolute Gasteiger partial charge is 0.261 e. The zero-order chi connectivity index (χ0) is 29.8. The zero-order valence-electron chi connectivity index (χ0n) is 24.0. The number of amides is 3. The molecule has 0 atom stereocenters. The molecule has 1 heterocycles. The lowest BCUT2D eigenvalue weighted by atomic mass is 9.91. The fraction of sp³-hybridized carbons (Fsp3) is 0.242. The van der Waals surface area contributed by atoms with Gasteiger partial charge < -0.3 is 24.3 Å². The van der Waals surface area contributed by atoms with E-state index in [-0.39, 0.29) is 24.3 Å². The van der Waals surface area contributed by atoms with Gasteiger partial charge in [0.05, 0.1) is 28.4 Å². The maximum Gasteiger partial charge on any atom is 0.261 e. The summed E-state index contributed by atoms with van der Waals surface area (Å²) in [6.45, 7) is 0.584. The Morgan fingerprint density at radius 3 is 1.86 bits per heavy atom. The second-order valence-electron chi connectivity index (χ2n) is 9.79. The van der Waals surface area contributed by atoms with Crippen molar-refractivity contribution in [3.8, 4) is 23.0 Å². The van der Waals surface area contributed by atoms with Gasteiger partial charge in [-0.2, -0.15) is 0 Å². The molecule has 0 fully saturated rings. The summed E-state index contributed by atoms with van der Waals surface area (Å²) in [6.07, 6.45) is 1.03. The lowest BCUT2D eigenvalue weighted by molar-refractivity contribution is 0.0612. The van der Waals surface area contributed by atoms with E-state index >= 15 is 0 Å². The van der Waals surface area contributed by atoms with Crippen molar-refractivity contribution < 1.29 is 33.3 Å². The highest BCUT2D eigenvalue weighted by molar-refractivity contribution is 6.27. The second-order valence-corrected chi connectivity index (χ2v) is 9.79. The van der Waals surface area contributed by atoms with Gasteiger partial charge in [0.1, 0.15) is 0 Å². The van der Waals surface area contributed by atoms with Crippen LogP contribution in [0.25, 0.3) is 10.8 Å². The van der Waals surface area contributed by atoms with Crippen LogP contribution in [-0.4, -0.2) is 64.2 Å². The number of ether oxygens (including phenoxy) is 4. The highest BCUT2D eigenvalue weighted by Gasteiger charge is 2.33. The van der Waals surface area contributed by atoms with E-state index in [2.05, 4.69) is 5.32 Å². The van der Waals surface area contributed by atoms with Crippen molar-refractivity contribution in [1.29, 1.82) is 0 Å². The van der Waals surface area contributed by atoms with Gasteiger partial charge in [-0.05, 0) is 71.8 Å². The van der Waals surface area contributed by atoms with Crippen LogP contribution >= 0.6 is 0 Å². The van der Waals surface area contributed by atoms with Gasteiger partial charge in [-0.25, -0.2) is 0 Å². The van der Waals surface area contributed by atoms with Gasteiger partial charge in [0.15, 0.2) is 23.0 Å². The first-order chi connectivity index (χ1) is 20.4. The average Bonchev–Trinajstić information content (AvgIpc) is 3.02. The molecular weight excluding hydrogens is 536 g/mol. The minimum absolute atomic E-state index is 0.196. The normalized spacial score (nSPS) is 12.3. The zero-order valence-corrected chi connectivity index (χ0v) is 24.0. The second kappa shape index (κ2) is 12.2. The lowest BCUT2D eigenvalue weighted by Crippen LogP contribution is -2.41. The fourth-order valence-electron chi connectivity index (χ4n) is 5.28. The predicted octanol–water partition coefficient (Wildman–Crippen LogP) is 4.69. The first kappa shape index (κ1) is 28.5. The quantitative estimate of drug-likeness (QED) is 0.262. The van der Waals surface area contributed by atoms with Crippen LogP contribution in [0.2, 0.25) is 0 Å². The van der Waals surface area contributed by atoms with Gasteiger partial charge in [0.25, 0.3) is 17.7 Å². The molecule has 0 unspecified atom stereocenters. The Morgan fingerprint density at radius 2 is 1.26 bits per heavy atom. The molecule has 0 saturated carbocycles. The fourth-order valence-corrected chi connectivity index (χ4v) is 5.28. The molecule has 4 aromatic rings. The van der Waals surface area contributed by atoms with E-state index in [9.17, 15) is 14.4 Å². The molecule has 9 nitrogen and oxygen atoms in total. The molecule has 4 aromatic carbocycles. The number of carbonyl (C=O) groups excluding carboxylic acids is 3. The van der Waals surface area contributed by atoms with Crippen molar-refractivity contribution in [3.05, 3.63) is 94.5 Å². The van der Waals surface area contributed by atoms with Crippen molar-refractivity contribution in [2.24, 2.45) is 0 Å². The number of nitrogens with zero attached hydrogens (tertiary/aromatic N) is 1. The summed E-state index contributed by atoms with van der Waals surface area (Å²) in [4.78, 5) is 41.5. The highest BCUT2D eigenvalue weighted by atomic mass is 16.5. The van der Waals surface area contributed by atoms with E-state index in [0.717, 1.165) is 11.1 Å². The molecule has 3 amide bonds. The van der Waals surface area contributed by atoms with Crippen LogP contribution in [0.5, 0.6) is 23.0 Å². The van der Waals surface area contributed by atoms with Gasteiger partial charge in [-0.3, -0.25) is 19.3 Å². The number of imide groups is 1. The number of methoxy groups -OCH3 is 4. The predicted molar refractivity (Wildman–Crippen MR) is 158 cm³/mol. The first-order valence-corrected chi connectivity index (χ1v) is 13.5. The van der Waals surface area contributed by atoms with E-state index in [4.69, 9.17) is 18.9 Å². The number of hydrogen-bond donors (Lipinski definition) is 1. The summed E-state index contributed by atoms with van der Waals surface area (Å²) in [5.74, 6) is 1.39. The minimum atomic E-state index is -0.385. The standard InChI is InChI=1S/C33H32N2O7/c1-39-26-12-8-20(18-28(26)41-3)14-16-34-31(36)23-10-11-25-30-22(23)6-5-7-24(30)32(37)35(33(25)38)17-15-21-9-13-27(40-2)29(19-21)42-4/h5-13,18-19H,14-17H2,1-4H3,(H,34,36). The number of nitrogens with one attached hydrogen (secondary N) is 1. The Balaban J connectivity index is 1.33. The van der Waals surface area contributed by atoms with Crippen molar-refractivity contribution in [2.75, 3.05) is 41.5 Å². The Bertz CT molecular complexity index is 1660. The molecule has 5 rings (SSSR count). The van der Waals surface area contributed by atoms with E-state index in [1.54, 1.807) is 64.8 Å². The molecule has 42 heavy (non-hydrogen) atoms. The Kier molecular flexibility index (Phi) is 8.28. The SMILES string of the molecule is COc1ccc(CCNC(=O)c2ccc3c4c(cccc24)C(=O)N(CCc2ccc(OC)c(OC)c2)C3=O)cc1OC. The summed E-state index contributed by atoms with van der Waals surface area (Å²) in [7, 11) is 6.28. The Morgan fingerprint density at radius 1 is 0.690 bits per heavy atom. The maximum atomic E-state index is 13.5. The summed E-state index contributed by atoms with van der Waals surface area (Å²) in [5, 5.41) is 4.02. The van der Waals surface area contributed by atoms with Gasteiger partial charge in [0.2, 0.25) is 0 Å². The topological polar surface area (TPSA) is 103 Å². The molecule has 0 aliphatic carbocycles. The van der Waals surface area contributed by atoms with Crippen molar-refractivity contribution in [3.63, 3.8) is 0 Å². The third kappa shape index (κ3) is 5.33. The Hall–Kier alpha value is -5.05. The summed E-state index contributed by atoms with van der Waals surface area (Å²) >= 11 is 0. The highest BCUT2D eigenvalue weighted by Crippen LogP contribution is 2.33. The van der Waals surface area contributed by atoms with Gasteiger partial charge in [-0.1, -0.05) is 24.3 Å². The Labute approximate surface area is 243 Å². The summed E-state index contributed by atoms with van der Waals surface area (Å²) in [6, 6.07) is 19.6. The van der Waals surface area contributed by atoms with Crippen molar-refractivity contribution >= 4 is 28.5 Å². The number of rotatable bonds is 11. The lowest BCUT2D eigenvalue weighted by Gasteiger charge is -2.28. The number of carbonyl (C=O) groups is 3. The van der Waals surface area contributed by atoms with Crippen LogP contribution < -0.4 is 24.3 Å². The molecule has 0 spiro atoms. The van der Waals surface area contributed by atoms with Crippen molar-refractivity contribution in [2.45, 2.75) is 12.8 Å². The largest absolute Gasteiger partial charge is 0.493 e. The minimum Gasteiger partial charge on any atom is -0.493 e. The number of benzene rings is 4. The third-order valence-corrected chi connectivity index (χ3v) is 7.46. The van der Waals surface area contributed by atoms with Crippen LogP contribution in [0.15, 0.2) is 66.7 Å². The molecular formula is C33H32N2O7. The molecule has 1 aliphatic rings. The number of hydrogen-bond acceptors (Lipinski definition) is 7. The van der Waals surface area contributed by atoms with Gasteiger partial charge >= 0.3 is 0 Å². The molecule has 0 aromatic heterocycles. The summed E-state index contributed by atoms with van der Waals surface area (Å²) in [5.41, 5.74) is 3.08. The van der Waals surface area contributed by atoms with Crippen LogP contribution in [0.4, 0.5) is 0 Å². The van der Waals surface area contributed by atoms with E-state index in [0.29, 0.717) is 69.8 Å². The molecule has 0 bridgehead atoms. The molecule has 9 heteroatoms. The summed E-state index contributed by atoms with van der Waals surface area (Å²) < 4.78 is 21.3. The third-order valence-electron chi connectivity index (χ3n) is 7.46. The monoisotopic (exact) mass is 568 g/mol. The molecule has 1 aliphatic heterocycles. The first-order valence-electron chi connectivity index (χ1n) is 13.5. The van der Waals surface area contributed by atoms with Crippen LogP contribution in [0.1, 0.15) is 42.2 Å². The average molecular weight is 569 g/mol. The van der Waals surface area contributed by atoms with Crippen LogP contribution in [-0.2, 0) is 12.8 Å². The van der Waals surface area contributed by atoms with Crippen molar-refractivity contribution in [1.82, 2.24) is 10.2 Å². The van der Waals surface area contributed by atoms with Gasteiger partial charge in [-0.15, -0.1) is 0 Å². The maximum absolute atomic E-state index is 13.5. The van der Waals surface area contributed by atoms with E-state index in [1.165, 1.54) is 4.90 Å². The molecule has 0 saturated heterocycles. The van der Waals surface area contributed by atoms with E-state index < -0.39 is 0 Å². The van der Waals surface area contributed by atoms with Gasteiger partial charge in [0, 0.05) is 35.2 Å².